The van der Waals surface area contributed by atoms with E-state index in [1.54, 1.807) is 0 Å². The van der Waals surface area contributed by atoms with Gasteiger partial charge in [0.15, 0.2) is 0 Å². The lowest BCUT2D eigenvalue weighted by Gasteiger charge is -2.21. The monoisotopic (exact) mass is 347 g/mol. The Hall–Kier alpha value is -2.62. The highest BCUT2D eigenvalue weighted by Gasteiger charge is 2.16. The molecule has 0 atom stereocenters. The highest BCUT2D eigenvalue weighted by molar-refractivity contribution is 5.95. The fourth-order valence-electron chi connectivity index (χ4n) is 3.90. The molecule has 1 heterocycles. The number of aromatic amines is 1. The van der Waals surface area contributed by atoms with Crippen molar-refractivity contribution in [2.24, 2.45) is 5.92 Å². The molecule has 4 nitrogen and oxygen atoms in total. The maximum absolute atomic E-state index is 12.5. The molecule has 0 aliphatic heterocycles. The summed E-state index contributed by atoms with van der Waals surface area (Å²) >= 11 is 0. The number of H-pyrrole nitrogens is 1. The van der Waals surface area contributed by atoms with Crippen molar-refractivity contribution in [3.8, 4) is 11.4 Å². The topological polar surface area (TPSA) is 57.8 Å². The van der Waals surface area contributed by atoms with Gasteiger partial charge < -0.3 is 10.3 Å². The van der Waals surface area contributed by atoms with Crippen LogP contribution in [0, 0.1) is 5.92 Å². The Labute approximate surface area is 154 Å². The molecule has 1 aliphatic rings. The molecule has 2 aromatic carbocycles. The zero-order valence-electron chi connectivity index (χ0n) is 15.0. The Morgan fingerprint density at radius 3 is 2.65 bits per heavy atom. The van der Waals surface area contributed by atoms with Gasteiger partial charge in [0.25, 0.3) is 0 Å². The first-order valence-electron chi connectivity index (χ1n) is 9.63. The molecule has 4 heteroatoms. The minimum absolute atomic E-state index is 0.0964. The second kappa shape index (κ2) is 7.73. The number of benzene rings is 2. The molecule has 0 bridgehead atoms. The van der Waals surface area contributed by atoms with Gasteiger partial charge in [0.2, 0.25) is 5.91 Å². The standard InChI is InChI=1S/C22H25N3O/c26-21(15-14-16-8-2-1-3-9-16)23-18-11-5-4-10-17(18)22-24-19-12-6-7-13-20(19)25-22/h4-7,10-13,16H,1-3,8-9,14-15H2,(H,23,26)(H,24,25). The molecule has 1 amide bonds. The molecule has 134 valence electrons. The van der Waals surface area contributed by atoms with Crippen LogP contribution in [0.1, 0.15) is 44.9 Å². The average molecular weight is 347 g/mol. The molecule has 3 aromatic rings. The third-order valence-corrected chi connectivity index (χ3v) is 5.35. The van der Waals surface area contributed by atoms with Crippen molar-refractivity contribution in [3.05, 3.63) is 48.5 Å². The van der Waals surface area contributed by atoms with Gasteiger partial charge in [-0.15, -0.1) is 0 Å². The minimum Gasteiger partial charge on any atom is -0.338 e. The molecule has 26 heavy (non-hydrogen) atoms. The summed E-state index contributed by atoms with van der Waals surface area (Å²) in [5, 5.41) is 3.09. The molecule has 1 aliphatic carbocycles. The number of nitrogens with zero attached hydrogens (tertiary/aromatic N) is 1. The van der Waals surface area contributed by atoms with E-state index in [-0.39, 0.29) is 5.91 Å². The fraction of sp³-hybridized carbons (Fsp3) is 0.364. The van der Waals surface area contributed by atoms with Crippen molar-refractivity contribution in [2.45, 2.75) is 44.9 Å². The molecule has 1 fully saturated rings. The van der Waals surface area contributed by atoms with E-state index >= 15 is 0 Å². The number of aromatic nitrogens is 2. The summed E-state index contributed by atoms with van der Waals surface area (Å²) < 4.78 is 0. The van der Waals surface area contributed by atoms with Crippen LogP contribution in [0.25, 0.3) is 22.4 Å². The minimum atomic E-state index is 0.0964. The van der Waals surface area contributed by atoms with E-state index in [2.05, 4.69) is 15.3 Å². The number of carbonyl (C=O) groups excluding carboxylic acids is 1. The second-order valence-corrected chi connectivity index (χ2v) is 7.24. The molecule has 0 unspecified atom stereocenters. The highest BCUT2D eigenvalue weighted by atomic mass is 16.1. The van der Waals surface area contributed by atoms with Gasteiger partial charge in [-0.1, -0.05) is 56.4 Å². The predicted octanol–water partition coefficient (Wildman–Crippen LogP) is 5.53. The van der Waals surface area contributed by atoms with Gasteiger partial charge in [0.1, 0.15) is 5.82 Å². The van der Waals surface area contributed by atoms with Crippen LogP contribution in [0.15, 0.2) is 48.5 Å². The third kappa shape index (κ3) is 3.79. The first-order valence-corrected chi connectivity index (χ1v) is 9.63. The smallest absolute Gasteiger partial charge is 0.224 e. The van der Waals surface area contributed by atoms with Gasteiger partial charge in [-0.3, -0.25) is 4.79 Å². The number of hydrogen-bond donors (Lipinski definition) is 2. The highest BCUT2D eigenvalue weighted by Crippen LogP contribution is 2.29. The summed E-state index contributed by atoms with van der Waals surface area (Å²) in [7, 11) is 0. The van der Waals surface area contributed by atoms with E-state index in [0.717, 1.165) is 40.4 Å². The first kappa shape index (κ1) is 16.8. The zero-order chi connectivity index (χ0) is 17.8. The van der Waals surface area contributed by atoms with Gasteiger partial charge in [0, 0.05) is 12.0 Å². The lowest BCUT2D eigenvalue weighted by atomic mass is 9.86. The molecule has 1 aromatic heterocycles. The molecule has 0 spiro atoms. The number of para-hydroxylation sites is 3. The Balaban J connectivity index is 1.47. The van der Waals surface area contributed by atoms with Crippen molar-refractivity contribution in [1.29, 1.82) is 0 Å². The summed E-state index contributed by atoms with van der Waals surface area (Å²) in [6.45, 7) is 0. The quantitative estimate of drug-likeness (QED) is 0.637. The Morgan fingerprint density at radius 1 is 1.04 bits per heavy atom. The van der Waals surface area contributed by atoms with E-state index in [4.69, 9.17) is 0 Å². The van der Waals surface area contributed by atoms with E-state index in [9.17, 15) is 4.79 Å². The van der Waals surface area contributed by atoms with Crippen LogP contribution in [0.3, 0.4) is 0 Å². The summed E-state index contributed by atoms with van der Waals surface area (Å²) in [6, 6.07) is 15.8. The van der Waals surface area contributed by atoms with Crippen molar-refractivity contribution in [3.63, 3.8) is 0 Å². The number of carbonyl (C=O) groups is 1. The molecular formula is C22H25N3O. The van der Waals surface area contributed by atoms with Crippen molar-refractivity contribution >= 4 is 22.6 Å². The maximum Gasteiger partial charge on any atom is 0.224 e. The van der Waals surface area contributed by atoms with Crippen LogP contribution >= 0.6 is 0 Å². The van der Waals surface area contributed by atoms with Gasteiger partial charge in [-0.2, -0.15) is 0 Å². The van der Waals surface area contributed by atoms with Crippen molar-refractivity contribution in [1.82, 2.24) is 9.97 Å². The van der Waals surface area contributed by atoms with Gasteiger partial charge in [-0.05, 0) is 36.6 Å². The van der Waals surface area contributed by atoms with Crippen LogP contribution in [0.2, 0.25) is 0 Å². The van der Waals surface area contributed by atoms with E-state index in [0.29, 0.717) is 6.42 Å². The van der Waals surface area contributed by atoms with Crippen molar-refractivity contribution in [2.75, 3.05) is 5.32 Å². The van der Waals surface area contributed by atoms with E-state index < -0.39 is 0 Å². The molecule has 0 radical (unpaired) electrons. The number of fused-ring (bicyclic) bond motifs is 1. The maximum atomic E-state index is 12.5. The van der Waals surface area contributed by atoms with E-state index in [1.165, 1.54) is 32.1 Å². The van der Waals surface area contributed by atoms with Crippen LogP contribution in [0.4, 0.5) is 5.69 Å². The molecule has 4 rings (SSSR count). The first-order chi connectivity index (χ1) is 12.8. The summed E-state index contributed by atoms with van der Waals surface area (Å²) in [5.41, 5.74) is 3.68. The number of amides is 1. The fourth-order valence-corrected chi connectivity index (χ4v) is 3.90. The van der Waals surface area contributed by atoms with Crippen LogP contribution in [-0.4, -0.2) is 15.9 Å². The number of anilines is 1. The SMILES string of the molecule is O=C(CCC1CCCCC1)Nc1ccccc1-c1nc2ccccc2[nH]1. The second-order valence-electron chi connectivity index (χ2n) is 7.24. The van der Waals surface area contributed by atoms with Crippen LogP contribution in [-0.2, 0) is 4.79 Å². The van der Waals surface area contributed by atoms with Gasteiger partial charge in [-0.25, -0.2) is 4.98 Å². The summed E-state index contributed by atoms with van der Waals surface area (Å²) in [6.07, 6.45) is 8.15. The third-order valence-electron chi connectivity index (χ3n) is 5.35. The average Bonchev–Trinajstić information content (AvgIpc) is 3.12. The lowest BCUT2D eigenvalue weighted by Crippen LogP contribution is -2.15. The predicted molar refractivity (Wildman–Crippen MR) is 106 cm³/mol. The molecule has 2 N–H and O–H groups in total. The molecular weight excluding hydrogens is 322 g/mol. The van der Waals surface area contributed by atoms with Crippen LogP contribution in [0.5, 0.6) is 0 Å². The number of nitrogens with one attached hydrogen (secondary N) is 2. The van der Waals surface area contributed by atoms with Gasteiger partial charge in [0.05, 0.1) is 16.7 Å². The lowest BCUT2D eigenvalue weighted by molar-refractivity contribution is -0.116. The summed E-state index contributed by atoms with van der Waals surface area (Å²) in [5.74, 6) is 1.61. The molecule has 1 saturated carbocycles. The van der Waals surface area contributed by atoms with Crippen molar-refractivity contribution < 1.29 is 4.79 Å². The number of hydrogen-bond acceptors (Lipinski definition) is 2. The Morgan fingerprint density at radius 2 is 1.81 bits per heavy atom. The Kier molecular flexibility index (Phi) is 5.00. The Bertz CT molecular complexity index is 860. The summed E-state index contributed by atoms with van der Waals surface area (Å²) in [4.78, 5) is 20.5. The zero-order valence-corrected chi connectivity index (χ0v) is 15.0. The normalized spacial score (nSPS) is 15.2. The number of rotatable bonds is 5. The number of imidazole rings is 1. The van der Waals surface area contributed by atoms with Gasteiger partial charge >= 0.3 is 0 Å². The largest absolute Gasteiger partial charge is 0.338 e. The molecule has 0 saturated heterocycles. The van der Waals surface area contributed by atoms with Crippen LogP contribution < -0.4 is 5.32 Å². The van der Waals surface area contributed by atoms with E-state index in [1.807, 2.05) is 48.5 Å².